The van der Waals surface area contributed by atoms with Crippen molar-refractivity contribution in [1.82, 2.24) is 0 Å². The lowest BCUT2D eigenvalue weighted by molar-refractivity contribution is -0.146. The van der Waals surface area contributed by atoms with E-state index >= 15 is 0 Å². The molecule has 15 heavy (non-hydrogen) atoms. The highest BCUT2D eigenvalue weighted by Gasteiger charge is 2.27. The summed E-state index contributed by atoms with van der Waals surface area (Å²) in [6.45, 7) is 0.361. The number of hydrogen-bond donors (Lipinski definition) is 0. The van der Waals surface area contributed by atoms with Crippen molar-refractivity contribution in [2.24, 2.45) is 5.92 Å². The first-order chi connectivity index (χ1) is 7.22. The zero-order valence-electron chi connectivity index (χ0n) is 8.33. The van der Waals surface area contributed by atoms with Gasteiger partial charge in [0, 0.05) is 10.6 Å². The third-order valence-corrected chi connectivity index (χ3v) is 2.86. The van der Waals surface area contributed by atoms with E-state index in [1.54, 1.807) is 6.07 Å². The average Bonchev–Trinajstić information content (AvgIpc) is 2.28. The third kappa shape index (κ3) is 1.92. The zero-order chi connectivity index (χ0) is 10.8. The molecule has 0 saturated carbocycles. The molecule has 1 aromatic carbocycles. The van der Waals surface area contributed by atoms with E-state index in [0.717, 1.165) is 11.3 Å². The predicted octanol–water partition coefficient (Wildman–Crippen LogP) is 2.06. The van der Waals surface area contributed by atoms with Crippen molar-refractivity contribution in [2.75, 3.05) is 13.7 Å². The maximum atomic E-state index is 11.3. The lowest BCUT2D eigenvalue weighted by Gasteiger charge is -2.24. The number of ether oxygens (including phenoxy) is 2. The summed E-state index contributed by atoms with van der Waals surface area (Å²) in [7, 11) is 1.38. The van der Waals surface area contributed by atoms with Gasteiger partial charge in [0.1, 0.15) is 12.4 Å². The quantitative estimate of drug-likeness (QED) is 0.688. The van der Waals surface area contributed by atoms with Crippen LogP contribution in [0.2, 0.25) is 5.02 Å². The SMILES string of the molecule is COC(=O)C1COc2cccc(Cl)c2C1. The Morgan fingerprint density at radius 3 is 3.13 bits per heavy atom. The standard InChI is InChI=1S/C11H11ClO3/c1-14-11(13)7-5-8-9(12)3-2-4-10(8)15-6-7/h2-4,7H,5-6H2,1H3. The Labute approximate surface area is 92.9 Å². The van der Waals surface area contributed by atoms with Crippen LogP contribution in [0.5, 0.6) is 5.75 Å². The topological polar surface area (TPSA) is 35.5 Å². The van der Waals surface area contributed by atoms with E-state index in [-0.39, 0.29) is 11.9 Å². The van der Waals surface area contributed by atoms with Gasteiger partial charge in [-0.25, -0.2) is 0 Å². The van der Waals surface area contributed by atoms with Crippen LogP contribution in [-0.4, -0.2) is 19.7 Å². The van der Waals surface area contributed by atoms with Crippen LogP contribution < -0.4 is 4.74 Å². The number of fused-ring (bicyclic) bond motifs is 1. The van der Waals surface area contributed by atoms with E-state index in [9.17, 15) is 4.79 Å². The first kappa shape index (κ1) is 10.3. The van der Waals surface area contributed by atoms with Crippen molar-refractivity contribution in [3.8, 4) is 5.75 Å². The van der Waals surface area contributed by atoms with Gasteiger partial charge < -0.3 is 9.47 Å². The summed E-state index contributed by atoms with van der Waals surface area (Å²) in [5.41, 5.74) is 0.890. The molecule has 0 fully saturated rings. The van der Waals surface area contributed by atoms with Crippen LogP contribution in [0.4, 0.5) is 0 Å². The Balaban J connectivity index is 2.26. The van der Waals surface area contributed by atoms with Gasteiger partial charge >= 0.3 is 5.97 Å². The number of hydrogen-bond acceptors (Lipinski definition) is 3. The van der Waals surface area contributed by atoms with Crippen molar-refractivity contribution >= 4 is 17.6 Å². The van der Waals surface area contributed by atoms with Gasteiger partial charge in [-0.2, -0.15) is 0 Å². The number of methoxy groups -OCH3 is 1. The van der Waals surface area contributed by atoms with Crippen molar-refractivity contribution in [3.63, 3.8) is 0 Å². The zero-order valence-corrected chi connectivity index (χ0v) is 9.08. The van der Waals surface area contributed by atoms with E-state index in [1.807, 2.05) is 12.1 Å². The van der Waals surface area contributed by atoms with E-state index in [2.05, 4.69) is 4.74 Å². The molecule has 80 valence electrons. The Morgan fingerprint density at radius 1 is 1.60 bits per heavy atom. The molecule has 0 bridgehead atoms. The second kappa shape index (κ2) is 4.11. The van der Waals surface area contributed by atoms with E-state index in [1.165, 1.54) is 7.11 Å². The fraction of sp³-hybridized carbons (Fsp3) is 0.364. The van der Waals surface area contributed by atoms with Gasteiger partial charge in [0.25, 0.3) is 0 Å². The number of benzene rings is 1. The van der Waals surface area contributed by atoms with Crippen LogP contribution in [-0.2, 0) is 16.0 Å². The summed E-state index contributed by atoms with van der Waals surface area (Å²) < 4.78 is 10.1. The molecule has 0 radical (unpaired) electrons. The second-order valence-electron chi connectivity index (χ2n) is 3.45. The van der Waals surface area contributed by atoms with Gasteiger partial charge in [-0.05, 0) is 18.6 Å². The van der Waals surface area contributed by atoms with Crippen LogP contribution in [0.15, 0.2) is 18.2 Å². The predicted molar refractivity (Wildman–Crippen MR) is 56.2 cm³/mol. The summed E-state index contributed by atoms with van der Waals surface area (Å²) in [5.74, 6) is 0.269. The highest BCUT2D eigenvalue weighted by Crippen LogP contribution is 2.32. The number of carbonyl (C=O) groups excluding carboxylic acids is 1. The molecule has 3 nitrogen and oxygen atoms in total. The summed E-state index contributed by atoms with van der Waals surface area (Å²) in [4.78, 5) is 11.3. The first-order valence-corrected chi connectivity index (χ1v) is 5.08. The number of rotatable bonds is 1. The lowest BCUT2D eigenvalue weighted by atomic mass is 9.97. The van der Waals surface area contributed by atoms with Gasteiger partial charge in [-0.1, -0.05) is 17.7 Å². The first-order valence-electron chi connectivity index (χ1n) is 4.70. The van der Waals surface area contributed by atoms with E-state index in [4.69, 9.17) is 16.3 Å². The van der Waals surface area contributed by atoms with Crippen molar-refractivity contribution in [2.45, 2.75) is 6.42 Å². The molecule has 1 aliphatic heterocycles. The number of esters is 1. The third-order valence-electron chi connectivity index (χ3n) is 2.50. The highest BCUT2D eigenvalue weighted by atomic mass is 35.5. The molecule has 0 saturated heterocycles. The minimum absolute atomic E-state index is 0.248. The summed E-state index contributed by atoms with van der Waals surface area (Å²) in [5, 5.41) is 0.640. The van der Waals surface area contributed by atoms with Crippen molar-refractivity contribution in [3.05, 3.63) is 28.8 Å². The Hall–Kier alpha value is -1.22. The molecule has 0 spiro atoms. The van der Waals surface area contributed by atoms with Crippen LogP contribution in [0.25, 0.3) is 0 Å². The van der Waals surface area contributed by atoms with Gasteiger partial charge in [-0.3, -0.25) is 4.79 Å². The molecular weight excluding hydrogens is 216 g/mol. The second-order valence-corrected chi connectivity index (χ2v) is 3.86. The normalized spacial score (nSPS) is 18.9. The van der Waals surface area contributed by atoms with E-state index in [0.29, 0.717) is 18.1 Å². The van der Waals surface area contributed by atoms with Crippen LogP contribution >= 0.6 is 11.6 Å². The van der Waals surface area contributed by atoms with Crippen molar-refractivity contribution in [1.29, 1.82) is 0 Å². The Bertz CT molecular complexity index is 389. The van der Waals surface area contributed by atoms with Gasteiger partial charge in [-0.15, -0.1) is 0 Å². The maximum Gasteiger partial charge on any atom is 0.312 e. The number of halogens is 1. The monoisotopic (exact) mass is 226 g/mol. The van der Waals surface area contributed by atoms with Crippen molar-refractivity contribution < 1.29 is 14.3 Å². The summed E-state index contributed by atoms with van der Waals surface area (Å²) >= 11 is 6.02. The minimum Gasteiger partial charge on any atom is -0.492 e. The summed E-state index contributed by atoms with van der Waals surface area (Å²) in [6, 6.07) is 5.48. The molecule has 1 aromatic rings. The maximum absolute atomic E-state index is 11.3. The molecule has 0 aliphatic carbocycles. The molecule has 0 N–H and O–H groups in total. The van der Waals surface area contributed by atoms with Crippen LogP contribution in [0, 0.1) is 5.92 Å². The molecule has 0 amide bonds. The van der Waals surface area contributed by atoms with Crippen LogP contribution in [0.3, 0.4) is 0 Å². The molecule has 4 heteroatoms. The van der Waals surface area contributed by atoms with Crippen LogP contribution in [0.1, 0.15) is 5.56 Å². The largest absolute Gasteiger partial charge is 0.492 e. The van der Waals surface area contributed by atoms with E-state index < -0.39 is 0 Å². The lowest BCUT2D eigenvalue weighted by Crippen LogP contribution is -2.29. The molecule has 1 aliphatic rings. The minimum atomic E-state index is -0.249. The highest BCUT2D eigenvalue weighted by molar-refractivity contribution is 6.31. The smallest absolute Gasteiger partial charge is 0.312 e. The average molecular weight is 227 g/mol. The summed E-state index contributed by atoms with van der Waals surface area (Å²) in [6.07, 6.45) is 0.585. The number of carbonyl (C=O) groups is 1. The molecular formula is C11H11ClO3. The van der Waals surface area contributed by atoms with Gasteiger partial charge in [0.2, 0.25) is 0 Å². The fourth-order valence-corrected chi connectivity index (χ4v) is 1.93. The Kier molecular flexibility index (Phi) is 2.82. The Morgan fingerprint density at radius 2 is 2.40 bits per heavy atom. The molecule has 1 atom stereocenters. The molecule has 0 aromatic heterocycles. The van der Waals surface area contributed by atoms with Gasteiger partial charge in [0.05, 0.1) is 13.0 Å². The van der Waals surface area contributed by atoms with Gasteiger partial charge in [0.15, 0.2) is 0 Å². The molecule has 2 rings (SSSR count). The molecule has 1 unspecified atom stereocenters. The molecule has 1 heterocycles. The fourth-order valence-electron chi connectivity index (χ4n) is 1.69.